The van der Waals surface area contributed by atoms with Crippen molar-refractivity contribution in [3.63, 3.8) is 0 Å². The maximum absolute atomic E-state index is 13.6. The summed E-state index contributed by atoms with van der Waals surface area (Å²) in [5.74, 6) is -0.474. The average Bonchev–Trinajstić information content (AvgIpc) is 3.20. The van der Waals surface area contributed by atoms with Gasteiger partial charge in [-0.1, -0.05) is 43.2 Å². The number of hydrogen-bond acceptors (Lipinski definition) is 5. The van der Waals surface area contributed by atoms with Crippen LogP contribution in [0.4, 0.5) is 11.4 Å². The summed E-state index contributed by atoms with van der Waals surface area (Å²) in [5.41, 5.74) is 1.88. The van der Waals surface area contributed by atoms with Crippen LogP contribution in [0.25, 0.3) is 0 Å². The van der Waals surface area contributed by atoms with E-state index in [9.17, 15) is 14.4 Å². The van der Waals surface area contributed by atoms with Crippen molar-refractivity contribution in [2.24, 2.45) is 0 Å². The van der Waals surface area contributed by atoms with E-state index < -0.39 is 5.25 Å². The number of fused-ring (bicyclic) bond motifs is 1. The summed E-state index contributed by atoms with van der Waals surface area (Å²) >= 11 is 1.32. The normalized spacial score (nSPS) is 20.9. The van der Waals surface area contributed by atoms with Crippen LogP contribution < -0.4 is 9.80 Å². The Morgan fingerprint density at radius 2 is 1.43 bits per heavy atom. The van der Waals surface area contributed by atoms with Gasteiger partial charge in [0.15, 0.2) is 5.25 Å². The smallest absolute Gasteiger partial charge is 0.250 e. The predicted molar refractivity (Wildman–Crippen MR) is 139 cm³/mol. The molecular formula is C27H32N4O3S. The number of benzene rings is 2. The molecule has 0 aliphatic carbocycles. The number of amides is 3. The van der Waals surface area contributed by atoms with Crippen molar-refractivity contribution >= 4 is 40.9 Å². The number of piperazine rings is 1. The van der Waals surface area contributed by atoms with Crippen molar-refractivity contribution in [2.45, 2.75) is 35.8 Å². The van der Waals surface area contributed by atoms with Gasteiger partial charge in [0.05, 0.1) is 5.69 Å². The van der Waals surface area contributed by atoms with Crippen molar-refractivity contribution in [2.75, 3.05) is 55.6 Å². The van der Waals surface area contributed by atoms with E-state index in [1.165, 1.54) is 16.7 Å². The van der Waals surface area contributed by atoms with E-state index >= 15 is 0 Å². The van der Waals surface area contributed by atoms with Gasteiger partial charge in [-0.2, -0.15) is 0 Å². The zero-order chi connectivity index (χ0) is 24.2. The maximum atomic E-state index is 13.6. The molecular weight excluding hydrogens is 460 g/mol. The molecule has 2 aromatic rings. The molecule has 0 unspecified atom stereocenters. The molecule has 2 aromatic carbocycles. The summed E-state index contributed by atoms with van der Waals surface area (Å²) in [5, 5.41) is -0.828. The fraction of sp³-hybridized carbons (Fsp3) is 0.444. The highest BCUT2D eigenvalue weighted by molar-refractivity contribution is 8.01. The lowest BCUT2D eigenvalue weighted by Crippen LogP contribution is -2.55. The van der Waals surface area contributed by atoms with Gasteiger partial charge in [-0.3, -0.25) is 14.4 Å². The monoisotopic (exact) mass is 492 g/mol. The van der Waals surface area contributed by atoms with E-state index in [1.807, 2.05) is 52.3 Å². The number of para-hydroxylation sites is 2. The minimum absolute atomic E-state index is 0.0362. The van der Waals surface area contributed by atoms with Crippen LogP contribution in [0.5, 0.6) is 0 Å². The predicted octanol–water partition coefficient (Wildman–Crippen LogP) is 3.25. The van der Waals surface area contributed by atoms with Gasteiger partial charge < -0.3 is 19.6 Å². The second-order valence-electron chi connectivity index (χ2n) is 9.33. The summed E-state index contributed by atoms with van der Waals surface area (Å²) in [6, 6.07) is 17.8. The molecule has 2 saturated heterocycles. The molecule has 7 nitrogen and oxygen atoms in total. The lowest BCUT2D eigenvalue weighted by Gasteiger charge is -2.38. The third kappa shape index (κ3) is 5.17. The van der Waals surface area contributed by atoms with Crippen molar-refractivity contribution in [1.82, 2.24) is 9.80 Å². The first kappa shape index (κ1) is 23.7. The maximum Gasteiger partial charge on any atom is 0.250 e. The Kier molecular flexibility index (Phi) is 7.27. The zero-order valence-corrected chi connectivity index (χ0v) is 20.8. The van der Waals surface area contributed by atoms with Crippen molar-refractivity contribution in [3.8, 4) is 0 Å². The van der Waals surface area contributed by atoms with Crippen molar-refractivity contribution in [3.05, 3.63) is 54.6 Å². The largest absolute Gasteiger partial charge is 0.368 e. The van der Waals surface area contributed by atoms with Crippen molar-refractivity contribution in [1.29, 1.82) is 0 Å². The number of thioether (sulfide) groups is 1. The van der Waals surface area contributed by atoms with Crippen LogP contribution in [0.15, 0.2) is 59.5 Å². The summed E-state index contributed by atoms with van der Waals surface area (Å²) < 4.78 is 0. The summed E-state index contributed by atoms with van der Waals surface area (Å²) in [4.78, 5) is 48.7. The van der Waals surface area contributed by atoms with Gasteiger partial charge in [-0.15, -0.1) is 11.8 Å². The van der Waals surface area contributed by atoms with E-state index in [0.717, 1.165) is 55.0 Å². The van der Waals surface area contributed by atoms with Crippen LogP contribution in [0.2, 0.25) is 0 Å². The number of carbonyl (C=O) groups excluding carboxylic acids is 3. The Bertz CT molecular complexity index is 1060. The minimum atomic E-state index is -0.828. The molecule has 0 N–H and O–H groups in total. The van der Waals surface area contributed by atoms with Gasteiger partial charge in [0, 0.05) is 49.9 Å². The molecule has 0 radical (unpaired) electrons. The lowest BCUT2D eigenvalue weighted by molar-refractivity contribution is -0.136. The highest BCUT2D eigenvalue weighted by Crippen LogP contribution is 2.40. The molecule has 3 aliphatic rings. The second-order valence-corrected chi connectivity index (χ2v) is 10.5. The van der Waals surface area contributed by atoms with Crippen LogP contribution in [0.1, 0.15) is 25.7 Å². The van der Waals surface area contributed by atoms with Crippen LogP contribution in [0, 0.1) is 0 Å². The number of hydrogen-bond donors (Lipinski definition) is 0. The number of rotatable bonds is 4. The Balaban J connectivity index is 1.28. The number of likely N-dealkylation sites (tertiary alicyclic amines) is 1. The standard InChI is InChI=1S/C27H32N4O3S/c32-24(29-18-16-28(17-19-29)21-10-4-3-5-11-21)20-31-22-12-6-7-13-23(22)35-25(27(31)34)26(33)30-14-8-1-2-9-15-30/h3-7,10-13,25H,1-2,8-9,14-20H2/t25-/m0/s1. The zero-order valence-electron chi connectivity index (χ0n) is 20.0. The molecule has 2 fully saturated rings. The van der Waals surface area contributed by atoms with Crippen LogP contribution in [-0.4, -0.2) is 78.6 Å². The third-order valence-electron chi connectivity index (χ3n) is 7.08. The Morgan fingerprint density at radius 3 is 2.14 bits per heavy atom. The quantitative estimate of drug-likeness (QED) is 0.613. The van der Waals surface area contributed by atoms with E-state index in [1.54, 1.807) is 0 Å². The summed E-state index contributed by atoms with van der Waals surface area (Å²) in [6.45, 7) is 4.11. The topological polar surface area (TPSA) is 64.2 Å². The van der Waals surface area contributed by atoms with Gasteiger partial charge in [0.1, 0.15) is 6.54 Å². The molecule has 1 atom stereocenters. The van der Waals surface area contributed by atoms with Gasteiger partial charge in [0.25, 0.3) is 5.91 Å². The molecule has 5 rings (SSSR count). The third-order valence-corrected chi connectivity index (χ3v) is 8.32. The number of nitrogens with zero attached hydrogens (tertiary/aromatic N) is 4. The first-order chi connectivity index (χ1) is 17.1. The van der Waals surface area contributed by atoms with E-state index in [0.29, 0.717) is 26.2 Å². The van der Waals surface area contributed by atoms with E-state index in [2.05, 4.69) is 17.0 Å². The Labute approximate surface area is 211 Å². The highest BCUT2D eigenvalue weighted by Gasteiger charge is 2.41. The summed E-state index contributed by atoms with van der Waals surface area (Å²) in [7, 11) is 0. The Hall–Kier alpha value is -3.00. The number of carbonyl (C=O) groups is 3. The van der Waals surface area contributed by atoms with Crippen LogP contribution in [0.3, 0.4) is 0 Å². The molecule has 0 bridgehead atoms. The molecule has 8 heteroatoms. The fourth-order valence-corrected chi connectivity index (χ4v) is 6.27. The van der Waals surface area contributed by atoms with Crippen LogP contribution >= 0.6 is 11.8 Å². The molecule has 0 aromatic heterocycles. The first-order valence-corrected chi connectivity index (χ1v) is 13.4. The van der Waals surface area contributed by atoms with Crippen molar-refractivity contribution < 1.29 is 14.4 Å². The highest BCUT2D eigenvalue weighted by atomic mass is 32.2. The first-order valence-electron chi connectivity index (χ1n) is 12.6. The van der Waals surface area contributed by atoms with Gasteiger partial charge in [0.2, 0.25) is 11.8 Å². The Morgan fingerprint density at radius 1 is 0.771 bits per heavy atom. The molecule has 0 saturated carbocycles. The lowest BCUT2D eigenvalue weighted by atomic mass is 10.2. The fourth-order valence-electron chi connectivity index (χ4n) is 5.08. The second kappa shape index (κ2) is 10.7. The molecule has 0 spiro atoms. The van der Waals surface area contributed by atoms with E-state index in [-0.39, 0.29) is 24.3 Å². The molecule has 3 heterocycles. The van der Waals surface area contributed by atoms with Gasteiger partial charge in [-0.25, -0.2) is 0 Å². The minimum Gasteiger partial charge on any atom is -0.368 e. The average molecular weight is 493 g/mol. The SMILES string of the molecule is O=C(CN1C(=O)[C@H](C(=O)N2CCCCCC2)Sc2ccccc21)N1CCN(c2ccccc2)CC1. The molecule has 184 valence electrons. The van der Waals surface area contributed by atoms with Crippen LogP contribution in [-0.2, 0) is 14.4 Å². The number of anilines is 2. The van der Waals surface area contributed by atoms with Gasteiger partial charge >= 0.3 is 0 Å². The molecule has 3 aliphatic heterocycles. The van der Waals surface area contributed by atoms with E-state index in [4.69, 9.17) is 0 Å². The molecule has 35 heavy (non-hydrogen) atoms. The summed E-state index contributed by atoms with van der Waals surface area (Å²) in [6.07, 6.45) is 4.20. The van der Waals surface area contributed by atoms with Gasteiger partial charge in [-0.05, 0) is 37.1 Å². The molecule has 3 amide bonds.